The fourth-order valence-corrected chi connectivity index (χ4v) is 2.78. The Hall–Kier alpha value is -0.900. The zero-order valence-electron chi connectivity index (χ0n) is 9.89. The van der Waals surface area contributed by atoms with Gasteiger partial charge in [0.1, 0.15) is 11.6 Å². The Morgan fingerprint density at radius 2 is 2.19 bits per heavy atom. The molecular formula is C12H20N4. The number of rotatable bonds is 3. The van der Waals surface area contributed by atoms with Crippen LogP contribution in [0.4, 0.5) is 0 Å². The molecule has 0 bridgehead atoms. The average Bonchev–Trinajstić information content (AvgIpc) is 2.98. The maximum absolute atomic E-state index is 5.89. The molecule has 4 heteroatoms. The molecule has 1 fully saturated rings. The first kappa shape index (κ1) is 10.3. The lowest BCUT2D eigenvalue weighted by atomic mass is 9.93. The van der Waals surface area contributed by atoms with Crippen LogP contribution in [0.2, 0.25) is 0 Å². The van der Waals surface area contributed by atoms with Gasteiger partial charge in [-0.1, -0.05) is 0 Å². The van der Waals surface area contributed by atoms with E-state index in [-0.39, 0.29) is 0 Å². The molecule has 0 aromatic carbocycles. The Morgan fingerprint density at radius 3 is 2.88 bits per heavy atom. The molecule has 3 rings (SSSR count). The largest absolute Gasteiger partial charge is 0.328 e. The van der Waals surface area contributed by atoms with Gasteiger partial charge in [0.2, 0.25) is 0 Å². The van der Waals surface area contributed by atoms with Gasteiger partial charge in [-0.25, -0.2) is 0 Å². The van der Waals surface area contributed by atoms with Crippen LogP contribution in [0, 0.1) is 5.92 Å². The SMILES string of the molecule is CC(N)CC1CCc2nnc(C3CC3)n2C1. The van der Waals surface area contributed by atoms with Crippen molar-refractivity contribution in [1.29, 1.82) is 0 Å². The van der Waals surface area contributed by atoms with Crippen LogP contribution in [-0.2, 0) is 13.0 Å². The fraction of sp³-hybridized carbons (Fsp3) is 0.833. The summed E-state index contributed by atoms with van der Waals surface area (Å²) >= 11 is 0. The highest BCUT2D eigenvalue weighted by atomic mass is 15.3. The van der Waals surface area contributed by atoms with Gasteiger partial charge in [-0.05, 0) is 38.5 Å². The highest BCUT2D eigenvalue weighted by Crippen LogP contribution is 2.40. The molecule has 0 spiro atoms. The van der Waals surface area contributed by atoms with Crippen LogP contribution in [0.3, 0.4) is 0 Å². The molecule has 1 aromatic rings. The molecule has 88 valence electrons. The molecule has 4 nitrogen and oxygen atoms in total. The molecule has 0 saturated heterocycles. The van der Waals surface area contributed by atoms with Gasteiger partial charge in [-0.2, -0.15) is 0 Å². The number of aromatic nitrogens is 3. The quantitative estimate of drug-likeness (QED) is 0.839. The molecule has 1 aliphatic carbocycles. The van der Waals surface area contributed by atoms with Crippen LogP contribution in [0.25, 0.3) is 0 Å². The summed E-state index contributed by atoms with van der Waals surface area (Å²) < 4.78 is 2.37. The van der Waals surface area contributed by atoms with E-state index in [1.807, 2.05) is 0 Å². The molecule has 16 heavy (non-hydrogen) atoms. The van der Waals surface area contributed by atoms with E-state index in [2.05, 4.69) is 21.7 Å². The Labute approximate surface area is 96.2 Å². The summed E-state index contributed by atoms with van der Waals surface area (Å²) in [5, 5.41) is 8.67. The second-order valence-corrected chi connectivity index (χ2v) is 5.48. The number of nitrogens with two attached hydrogens (primary N) is 1. The predicted molar refractivity (Wildman–Crippen MR) is 62.1 cm³/mol. The van der Waals surface area contributed by atoms with Crippen LogP contribution in [0.15, 0.2) is 0 Å². The maximum atomic E-state index is 5.89. The lowest BCUT2D eigenvalue weighted by Crippen LogP contribution is -2.27. The van der Waals surface area contributed by atoms with Gasteiger partial charge in [0.15, 0.2) is 0 Å². The molecular weight excluding hydrogens is 200 g/mol. The van der Waals surface area contributed by atoms with Crippen LogP contribution in [0.5, 0.6) is 0 Å². The first-order chi connectivity index (χ1) is 7.74. The van der Waals surface area contributed by atoms with Crippen molar-refractivity contribution >= 4 is 0 Å². The molecule has 1 aromatic heterocycles. The monoisotopic (exact) mass is 220 g/mol. The second kappa shape index (κ2) is 3.84. The third-order valence-corrected chi connectivity index (χ3v) is 3.72. The van der Waals surface area contributed by atoms with Crippen molar-refractivity contribution < 1.29 is 0 Å². The van der Waals surface area contributed by atoms with Crippen LogP contribution >= 0.6 is 0 Å². The highest BCUT2D eigenvalue weighted by molar-refractivity contribution is 5.10. The average molecular weight is 220 g/mol. The molecule has 0 amide bonds. The smallest absolute Gasteiger partial charge is 0.136 e. The Morgan fingerprint density at radius 1 is 1.38 bits per heavy atom. The molecule has 0 radical (unpaired) electrons. The predicted octanol–water partition coefficient (Wildman–Crippen LogP) is 1.46. The van der Waals surface area contributed by atoms with Gasteiger partial charge in [0.05, 0.1) is 0 Å². The van der Waals surface area contributed by atoms with E-state index in [4.69, 9.17) is 5.73 Å². The zero-order chi connectivity index (χ0) is 11.1. The molecule has 2 atom stereocenters. The number of hydrogen-bond acceptors (Lipinski definition) is 3. The van der Waals surface area contributed by atoms with Crippen LogP contribution in [-0.4, -0.2) is 20.8 Å². The summed E-state index contributed by atoms with van der Waals surface area (Å²) in [7, 11) is 0. The van der Waals surface area contributed by atoms with E-state index in [0.717, 1.165) is 25.3 Å². The van der Waals surface area contributed by atoms with Crippen molar-refractivity contribution in [3.8, 4) is 0 Å². The Balaban J connectivity index is 1.78. The summed E-state index contributed by atoms with van der Waals surface area (Å²) in [5.74, 6) is 3.86. The first-order valence-electron chi connectivity index (χ1n) is 6.41. The molecule has 2 heterocycles. The summed E-state index contributed by atoms with van der Waals surface area (Å²) in [6.07, 6.45) is 6.04. The molecule has 1 saturated carbocycles. The Kier molecular flexibility index (Phi) is 2.46. The third-order valence-electron chi connectivity index (χ3n) is 3.72. The minimum atomic E-state index is 0.312. The minimum absolute atomic E-state index is 0.312. The number of aryl methyl sites for hydroxylation is 1. The van der Waals surface area contributed by atoms with Crippen molar-refractivity contribution in [2.24, 2.45) is 11.7 Å². The number of hydrogen-bond donors (Lipinski definition) is 1. The summed E-state index contributed by atoms with van der Waals surface area (Å²) in [6.45, 7) is 3.19. The second-order valence-electron chi connectivity index (χ2n) is 5.48. The minimum Gasteiger partial charge on any atom is -0.328 e. The van der Waals surface area contributed by atoms with E-state index >= 15 is 0 Å². The van der Waals surface area contributed by atoms with Gasteiger partial charge in [0.25, 0.3) is 0 Å². The molecule has 2 aliphatic rings. The van der Waals surface area contributed by atoms with Gasteiger partial charge in [-0.3, -0.25) is 0 Å². The van der Waals surface area contributed by atoms with E-state index in [9.17, 15) is 0 Å². The highest BCUT2D eigenvalue weighted by Gasteiger charge is 2.32. The van der Waals surface area contributed by atoms with Crippen molar-refractivity contribution in [1.82, 2.24) is 14.8 Å². The third kappa shape index (κ3) is 1.86. The molecule has 2 N–H and O–H groups in total. The van der Waals surface area contributed by atoms with E-state index in [1.54, 1.807) is 0 Å². The van der Waals surface area contributed by atoms with Crippen LogP contribution in [0.1, 0.15) is 50.2 Å². The maximum Gasteiger partial charge on any atom is 0.136 e. The standard InChI is InChI=1S/C12H20N4/c1-8(13)6-9-2-5-11-14-15-12(10-3-4-10)16(11)7-9/h8-10H,2-7,13H2,1H3. The fourth-order valence-electron chi connectivity index (χ4n) is 2.78. The van der Waals surface area contributed by atoms with Gasteiger partial charge < -0.3 is 10.3 Å². The van der Waals surface area contributed by atoms with Crippen molar-refractivity contribution in [2.75, 3.05) is 0 Å². The Bertz CT molecular complexity index is 378. The van der Waals surface area contributed by atoms with Gasteiger partial charge >= 0.3 is 0 Å². The van der Waals surface area contributed by atoms with E-state index < -0.39 is 0 Å². The van der Waals surface area contributed by atoms with Crippen molar-refractivity contribution in [2.45, 2.75) is 57.5 Å². The molecule has 1 aliphatic heterocycles. The topological polar surface area (TPSA) is 56.7 Å². The van der Waals surface area contributed by atoms with Crippen molar-refractivity contribution in [3.63, 3.8) is 0 Å². The van der Waals surface area contributed by atoms with E-state index in [1.165, 1.54) is 30.9 Å². The molecule has 2 unspecified atom stereocenters. The van der Waals surface area contributed by atoms with Gasteiger partial charge in [-0.15, -0.1) is 10.2 Å². The zero-order valence-corrected chi connectivity index (χ0v) is 9.89. The normalized spacial score (nSPS) is 26.5. The lowest BCUT2D eigenvalue weighted by Gasteiger charge is -2.25. The summed E-state index contributed by atoms with van der Waals surface area (Å²) in [6, 6.07) is 0.312. The van der Waals surface area contributed by atoms with Crippen molar-refractivity contribution in [3.05, 3.63) is 11.6 Å². The number of fused-ring (bicyclic) bond motifs is 1. The summed E-state index contributed by atoms with van der Waals surface area (Å²) in [5.41, 5.74) is 5.89. The number of nitrogens with zero attached hydrogens (tertiary/aromatic N) is 3. The summed E-state index contributed by atoms with van der Waals surface area (Å²) in [4.78, 5) is 0. The van der Waals surface area contributed by atoms with E-state index in [0.29, 0.717) is 12.0 Å². The van der Waals surface area contributed by atoms with Gasteiger partial charge in [0, 0.05) is 24.9 Å². The lowest BCUT2D eigenvalue weighted by molar-refractivity contribution is 0.323. The van der Waals surface area contributed by atoms with Crippen LogP contribution < -0.4 is 5.73 Å². The first-order valence-corrected chi connectivity index (χ1v) is 6.41.